The van der Waals surface area contributed by atoms with E-state index in [0.717, 1.165) is 29.7 Å². The van der Waals surface area contributed by atoms with Crippen molar-refractivity contribution >= 4 is 35.1 Å². The molecule has 4 aliphatic rings. The third-order valence-corrected chi connectivity index (χ3v) is 9.00. The van der Waals surface area contributed by atoms with Gasteiger partial charge in [0.25, 0.3) is 5.91 Å². The molecule has 1 fully saturated rings. The molecule has 0 spiro atoms. The number of rotatable bonds is 4. The zero-order valence-electron chi connectivity index (χ0n) is 23.5. The first-order chi connectivity index (χ1) is 19.5. The van der Waals surface area contributed by atoms with Gasteiger partial charge in [-0.15, -0.1) is 0 Å². The van der Waals surface area contributed by atoms with E-state index < -0.39 is 24.1 Å². The molecule has 1 N–H and O–H groups in total. The Bertz CT molecular complexity index is 1400. The van der Waals surface area contributed by atoms with Crippen LogP contribution in [0.2, 0.25) is 5.02 Å². The summed E-state index contributed by atoms with van der Waals surface area (Å²) in [4.78, 5) is 43.0. The highest BCUT2D eigenvalue weighted by molar-refractivity contribution is 6.31. The van der Waals surface area contributed by atoms with Crippen LogP contribution >= 0.6 is 11.6 Å². The number of carboxylic acids is 1. The van der Waals surface area contributed by atoms with Crippen molar-refractivity contribution in [1.29, 1.82) is 0 Å². The number of benzene rings is 2. The molecule has 1 saturated heterocycles. The van der Waals surface area contributed by atoms with Crippen LogP contribution in [0.3, 0.4) is 0 Å². The van der Waals surface area contributed by atoms with Gasteiger partial charge in [-0.2, -0.15) is 0 Å². The van der Waals surface area contributed by atoms with Gasteiger partial charge in [-0.25, -0.2) is 0 Å². The van der Waals surface area contributed by atoms with E-state index >= 15 is 0 Å². The summed E-state index contributed by atoms with van der Waals surface area (Å²) in [6.45, 7) is 7.13. The van der Waals surface area contributed by atoms with E-state index in [0.29, 0.717) is 48.0 Å². The number of hydrogen-bond donors (Lipinski definition) is 1. The highest BCUT2D eigenvalue weighted by atomic mass is 35.5. The fourth-order valence-corrected chi connectivity index (χ4v) is 6.92. The maximum atomic E-state index is 14.5. The molecule has 0 aromatic heterocycles. The van der Waals surface area contributed by atoms with Crippen molar-refractivity contribution in [2.45, 2.75) is 71.1 Å². The van der Waals surface area contributed by atoms with Crippen LogP contribution in [-0.4, -0.2) is 59.8 Å². The van der Waals surface area contributed by atoms with Crippen molar-refractivity contribution < 1.29 is 33.7 Å². The van der Waals surface area contributed by atoms with Crippen molar-refractivity contribution in [3.05, 3.63) is 52.0 Å². The summed E-state index contributed by atoms with van der Waals surface area (Å²) in [6, 6.07) is 9.24. The number of aliphatic carboxylic acids is 1. The number of para-hydroxylation sites is 1. The normalized spacial score (nSPS) is 24.2. The van der Waals surface area contributed by atoms with Crippen molar-refractivity contribution in [3.8, 4) is 11.5 Å². The number of halogens is 1. The zero-order valence-corrected chi connectivity index (χ0v) is 24.3. The van der Waals surface area contributed by atoms with Crippen LogP contribution in [0.25, 0.3) is 0 Å². The van der Waals surface area contributed by atoms with Crippen molar-refractivity contribution in [2.24, 2.45) is 11.3 Å². The minimum Gasteiger partial charge on any atom is -0.481 e. The summed E-state index contributed by atoms with van der Waals surface area (Å²) in [5.41, 5.74) is 3.00. The van der Waals surface area contributed by atoms with Gasteiger partial charge in [-0.1, -0.05) is 44.5 Å². The van der Waals surface area contributed by atoms with E-state index in [9.17, 15) is 19.5 Å². The molecule has 0 aliphatic carbocycles. The number of piperidine rings is 1. The monoisotopic (exact) mass is 582 g/mol. The molecule has 0 unspecified atom stereocenters. The van der Waals surface area contributed by atoms with E-state index in [1.54, 1.807) is 4.90 Å². The molecule has 0 saturated carbocycles. The van der Waals surface area contributed by atoms with Crippen molar-refractivity contribution in [2.75, 3.05) is 24.8 Å². The second-order valence-corrected chi connectivity index (χ2v) is 12.9. The van der Waals surface area contributed by atoms with Crippen molar-refractivity contribution in [1.82, 2.24) is 4.90 Å². The van der Waals surface area contributed by atoms with Crippen LogP contribution in [0.1, 0.15) is 69.2 Å². The lowest BCUT2D eigenvalue weighted by molar-refractivity contribution is -0.148. The lowest BCUT2D eigenvalue weighted by atomic mass is 9.78. The standard InChI is InChI=1S/C31H35ClN2O7/c1-31(2,3)24-8-7-18-13-19(32)14-21-26(18)34(24)29(36)23(15-25(35)33-11-9-17(10-12-33)30(37)38)41-27(21)20-5-4-6-22-28(20)40-16-39-22/h4-6,13-14,17,23-24,27H,7-12,15-16H2,1-3H3,(H,37,38)/t23-,24-,27-/m1/s1. The first-order valence-corrected chi connectivity index (χ1v) is 14.6. The van der Waals surface area contributed by atoms with Gasteiger partial charge in [0, 0.05) is 35.3 Å². The summed E-state index contributed by atoms with van der Waals surface area (Å²) in [6.07, 6.45) is 0.352. The average molecular weight is 583 g/mol. The van der Waals surface area contributed by atoms with E-state index in [-0.39, 0.29) is 36.5 Å². The van der Waals surface area contributed by atoms with Gasteiger partial charge in [0.2, 0.25) is 12.7 Å². The molecule has 4 heterocycles. The highest BCUT2D eigenvalue weighted by Crippen LogP contribution is 2.51. The Morgan fingerprint density at radius 2 is 1.83 bits per heavy atom. The van der Waals surface area contributed by atoms with Crippen molar-refractivity contribution in [3.63, 3.8) is 0 Å². The van der Waals surface area contributed by atoms with Crippen LogP contribution in [0.4, 0.5) is 5.69 Å². The Balaban J connectivity index is 1.43. The second kappa shape index (κ2) is 10.5. The molecule has 0 radical (unpaired) electrons. The molecular weight excluding hydrogens is 548 g/mol. The van der Waals surface area contributed by atoms with Gasteiger partial charge in [0.1, 0.15) is 12.2 Å². The number of ether oxygens (including phenoxy) is 3. The van der Waals surface area contributed by atoms with Gasteiger partial charge >= 0.3 is 5.97 Å². The van der Waals surface area contributed by atoms with E-state index in [1.807, 2.05) is 35.2 Å². The topological polar surface area (TPSA) is 106 Å². The van der Waals surface area contributed by atoms with Crippen LogP contribution in [0, 0.1) is 11.3 Å². The largest absolute Gasteiger partial charge is 0.481 e. The van der Waals surface area contributed by atoms with Gasteiger partial charge in [-0.3, -0.25) is 14.4 Å². The van der Waals surface area contributed by atoms with Gasteiger partial charge in [0.05, 0.1) is 18.0 Å². The summed E-state index contributed by atoms with van der Waals surface area (Å²) in [5.74, 6) is -0.630. The number of aryl methyl sites for hydroxylation is 1. The smallest absolute Gasteiger partial charge is 0.306 e. The summed E-state index contributed by atoms with van der Waals surface area (Å²) < 4.78 is 18.2. The molecule has 0 bridgehead atoms. The summed E-state index contributed by atoms with van der Waals surface area (Å²) >= 11 is 6.66. The van der Waals surface area contributed by atoms with Crippen LogP contribution in [0.15, 0.2) is 30.3 Å². The van der Waals surface area contributed by atoms with Crippen LogP contribution in [0.5, 0.6) is 11.5 Å². The number of anilines is 1. The second-order valence-electron chi connectivity index (χ2n) is 12.4. The first kappa shape index (κ1) is 27.8. The number of amides is 2. The number of carboxylic acid groups (broad SMARTS) is 1. The number of fused-ring (bicyclic) bond motifs is 1. The molecule has 2 aromatic rings. The van der Waals surface area contributed by atoms with E-state index in [4.69, 9.17) is 25.8 Å². The summed E-state index contributed by atoms with van der Waals surface area (Å²) in [7, 11) is 0. The molecule has 218 valence electrons. The molecule has 2 aromatic carbocycles. The molecular formula is C31H35ClN2O7. The zero-order chi connectivity index (χ0) is 29.1. The molecule has 2 amide bonds. The molecule has 3 atom stereocenters. The predicted molar refractivity (Wildman–Crippen MR) is 151 cm³/mol. The lowest BCUT2D eigenvalue weighted by Gasteiger charge is -2.45. The Hall–Kier alpha value is -3.30. The minimum atomic E-state index is -1.06. The third-order valence-electron chi connectivity index (χ3n) is 8.78. The number of likely N-dealkylation sites (tertiary alicyclic amines) is 1. The Kier molecular flexibility index (Phi) is 7.14. The minimum absolute atomic E-state index is 0.0814. The highest BCUT2D eigenvalue weighted by Gasteiger charge is 2.47. The van der Waals surface area contributed by atoms with Gasteiger partial charge in [-0.05, 0) is 54.9 Å². The fourth-order valence-electron chi connectivity index (χ4n) is 6.67. The Morgan fingerprint density at radius 1 is 1.07 bits per heavy atom. The number of carbonyl (C=O) groups is 3. The van der Waals surface area contributed by atoms with E-state index in [2.05, 4.69) is 20.8 Å². The maximum absolute atomic E-state index is 14.5. The third kappa shape index (κ3) is 5.03. The predicted octanol–water partition coefficient (Wildman–Crippen LogP) is 4.96. The van der Waals surface area contributed by atoms with Gasteiger partial charge < -0.3 is 29.1 Å². The molecule has 41 heavy (non-hydrogen) atoms. The number of hydrogen-bond acceptors (Lipinski definition) is 6. The van der Waals surface area contributed by atoms with Gasteiger partial charge in [0.15, 0.2) is 11.5 Å². The van der Waals surface area contributed by atoms with Crippen LogP contribution in [-0.2, 0) is 25.5 Å². The molecule has 10 heteroatoms. The summed E-state index contributed by atoms with van der Waals surface area (Å²) in [5, 5.41) is 9.92. The van der Waals surface area contributed by atoms with E-state index in [1.165, 1.54) is 0 Å². The Morgan fingerprint density at radius 3 is 2.54 bits per heavy atom. The first-order valence-electron chi connectivity index (χ1n) is 14.2. The van der Waals surface area contributed by atoms with Crippen LogP contribution < -0.4 is 14.4 Å². The molecule has 9 nitrogen and oxygen atoms in total. The maximum Gasteiger partial charge on any atom is 0.306 e. The lowest BCUT2D eigenvalue weighted by Crippen LogP contribution is -2.54. The molecule has 6 rings (SSSR count). The molecule has 4 aliphatic heterocycles. The average Bonchev–Trinajstić information content (AvgIpc) is 3.38. The number of nitrogens with zero attached hydrogens (tertiary/aromatic N) is 2. The fraction of sp³-hybridized carbons (Fsp3) is 0.516. The Labute approximate surface area is 244 Å². The SMILES string of the molecule is CC(C)(C)[C@H]1CCc2cc(Cl)cc3c2N1C(=O)[C@@H](CC(=O)N1CCC(C(=O)O)CC1)O[C@@H]3c1cccc2c1OCO2. The number of carbonyl (C=O) groups excluding carboxylic acids is 2. The quantitative estimate of drug-likeness (QED) is 0.543.